The van der Waals surface area contributed by atoms with Crippen molar-refractivity contribution in [1.29, 1.82) is 0 Å². The van der Waals surface area contributed by atoms with Crippen LogP contribution in [-0.2, 0) is 28.2 Å². The summed E-state index contributed by atoms with van der Waals surface area (Å²) in [6.45, 7) is 7.32. The minimum atomic E-state index is -5.08. The maximum atomic E-state index is 10.6. The van der Waals surface area contributed by atoms with Crippen LogP contribution in [0.25, 0.3) is 11.6 Å². The first-order valence-corrected chi connectivity index (χ1v) is 12.9. The average molecular weight is 612 g/mol. The minimum absolute atomic E-state index is 0.0514. The molecule has 0 saturated carbocycles. The first-order chi connectivity index (χ1) is 19.0. The van der Waals surface area contributed by atoms with Crippen molar-refractivity contribution in [2.75, 3.05) is 26.7 Å². The number of aromatic nitrogens is 3. The van der Waals surface area contributed by atoms with Crippen LogP contribution in [0, 0.1) is 6.92 Å². The van der Waals surface area contributed by atoms with E-state index >= 15 is 0 Å². The van der Waals surface area contributed by atoms with E-state index in [1.165, 1.54) is 9.75 Å². The van der Waals surface area contributed by atoms with Gasteiger partial charge in [0.05, 0.1) is 18.3 Å². The molecule has 1 saturated heterocycles. The van der Waals surface area contributed by atoms with Gasteiger partial charge < -0.3 is 14.6 Å². The first kappa shape index (κ1) is 32.1. The van der Waals surface area contributed by atoms with Crippen molar-refractivity contribution in [3.63, 3.8) is 0 Å². The Kier molecular flexibility index (Phi) is 9.86. The molecular weight excluding hydrogens is 584 g/mol. The Bertz CT molecular complexity index is 1290. The maximum Gasteiger partial charge on any atom is 0.490 e. The van der Waals surface area contributed by atoms with Crippen molar-refractivity contribution >= 4 is 23.3 Å². The zero-order valence-electron chi connectivity index (χ0n) is 21.9. The number of likely N-dealkylation sites (tertiary alicyclic amines) is 1. The van der Waals surface area contributed by atoms with Crippen molar-refractivity contribution in [2.45, 2.75) is 50.7 Å². The van der Waals surface area contributed by atoms with Crippen LogP contribution in [-0.4, -0.2) is 85.8 Å². The summed E-state index contributed by atoms with van der Waals surface area (Å²) in [6, 6.07) is 8.40. The predicted molar refractivity (Wildman–Crippen MR) is 133 cm³/mol. The third-order valence-corrected chi connectivity index (χ3v) is 7.35. The number of carbonyl (C=O) groups is 2. The predicted octanol–water partition coefficient (Wildman–Crippen LogP) is 4.61. The molecule has 0 unspecified atom stereocenters. The van der Waals surface area contributed by atoms with Crippen LogP contribution < -0.4 is 0 Å². The van der Waals surface area contributed by atoms with Crippen molar-refractivity contribution in [1.82, 2.24) is 24.6 Å². The van der Waals surface area contributed by atoms with Gasteiger partial charge in [-0.15, -0.1) is 21.5 Å². The molecule has 0 aromatic carbocycles. The van der Waals surface area contributed by atoms with E-state index < -0.39 is 24.3 Å². The fourth-order valence-electron chi connectivity index (χ4n) is 4.65. The lowest BCUT2D eigenvalue weighted by Gasteiger charge is -2.48. The molecule has 2 N–H and O–H groups in total. The van der Waals surface area contributed by atoms with Gasteiger partial charge in [-0.1, -0.05) is 0 Å². The fourth-order valence-corrected chi connectivity index (χ4v) is 5.59. The van der Waals surface area contributed by atoms with Gasteiger partial charge in [-0.3, -0.25) is 14.4 Å². The van der Waals surface area contributed by atoms with Crippen molar-refractivity contribution in [3.05, 3.63) is 46.1 Å². The number of fused-ring (bicyclic) bond motifs is 2. The zero-order valence-corrected chi connectivity index (χ0v) is 22.7. The van der Waals surface area contributed by atoms with Gasteiger partial charge >= 0.3 is 24.3 Å². The van der Waals surface area contributed by atoms with Gasteiger partial charge in [0, 0.05) is 35.9 Å². The molecule has 0 radical (unpaired) electrons. The zero-order chi connectivity index (χ0) is 30.6. The molecule has 0 aliphatic carbocycles. The molecule has 5 heterocycles. The second kappa shape index (κ2) is 12.6. The van der Waals surface area contributed by atoms with Gasteiger partial charge in [0.25, 0.3) is 0 Å². The Morgan fingerprint density at radius 3 is 2.07 bits per heavy atom. The molecule has 1 spiro atoms. The molecule has 0 bridgehead atoms. The summed E-state index contributed by atoms with van der Waals surface area (Å²) in [4.78, 5) is 25.6. The Hall–Kier alpha value is -3.44. The first-order valence-electron chi connectivity index (χ1n) is 12.1. The maximum absolute atomic E-state index is 10.6. The number of hydrogen-bond acceptors (Lipinski definition) is 8. The number of rotatable bonds is 3. The van der Waals surface area contributed by atoms with Gasteiger partial charge in [0.15, 0.2) is 11.6 Å². The number of carboxylic acid groups (broad SMARTS) is 2. The van der Waals surface area contributed by atoms with E-state index in [-0.39, 0.29) is 5.54 Å². The number of hydrogen-bond donors (Lipinski definition) is 2. The highest BCUT2D eigenvalue weighted by molar-refractivity contribution is 7.11. The summed E-state index contributed by atoms with van der Waals surface area (Å²) in [5.41, 5.74) is 0.0514. The van der Waals surface area contributed by atoms with E-state index in [1.54, 1.807) is 6.26 Å². The molecule has 2 aliphatic rings. The number of piperidine rings is 1. The SMILES string of the molecule is Cc1ccc(CN2CCC3(CC2)CN(C)Cc2nnc(-c4ccco4)n23)s1.O=C(O)C(F)(F)F.O=C(O)C(F)(F)F. The van der Waals surface area contributed by atoms with Crippen LogP contribution >= 0.6 is 11.3 Å². The molecular formula is C24H27F6N5O5S. The van der Waals surface area contributed by atoms with Crippen molar-refractivity contribution in [2.24, 2.45) is 0 Å². The molecule has 10 nitrogen and oxygen atoms in total. The number of carboxylic acids is 2. The highest BCUT2D eigenvalue weighted by atomic mass is 32.1. The lowest BCUT2D eigenvalue weighted by molar-refractivity contribution is -0.193. The number of likely N-dealkylation sites (N-methyl/N-ethyl adjacent to an activating group) is 1. The summed E-state index contributed by atoms with van der Waals surface area (Å²) in [5, 5.41) is 23.2. The summed E-state index contributed by atoms with van der Waals surface area (Å²) in [7, 11) is 2.19. The minimum Gasteiger partial charge on any atom is -0.475 e. The topological polar surface area (TPSA) is 125 Å². The van der Waals surface area contributed by atoms with Crippen molar-refractivity contribution in [3.8, 4) is 11.6 Å². The van der Waals surface area contributed by atoms with Crippen LogP contribution in [0.3, 0.4) is 0 Å². The van der Waals surface area contributed by atoms with Crippen LogP contribution in [0.4, 0.5) is 26.3 Å². The third-order valence-electron chi connectivity index (χ3n) is 6.37. The molecule has 1 fully saturated rings. The van der Waals surface area contributed by atoms with Gasteiger partial charge in [-0.05, 0) is 51.1 Å². The molecule has 5 rings (SSSR count). The summed E-state index contributed by atoms with van der Waals surface area (Å²) < 4.78 is 71.5. The van der Waals surface area contributed by atoms with Gasteiger partial charge in [-0.25, -0.2) is 9.59 Å². The smallest absolute Gasteiger partial charge is 0.475 e. The van der Waals surface area contributed by atoms with E-state index in [0.717, 1.165) is 63.0 Å². The van der Waals surface area contributed by atoms with Gasteiger partial charge in [-0.2, -0.15) is 26.3 Å². The number of thiophene rings is 1. The second-order valence-electron chi connectivity index (χ2n) is 9.54. The van der Waals surface area contributed by atoms with Gasteiger partial charge in [0.2, 0.25) is 0 Å². The van der Waals surface area contributed by atoms with Crippen LogP contribution in [0.15, 0.2) is 34.9 Å². The normalized spacial score (nSPS) is 17.2. The number of halogens is 6. The highest BCUT2D eigenvalue weighted by Gasteiger charge is 2.44. The molecule has 2 aliphatic heterocycles. The summed E-state index contributed by atoms with van der Waals surface area (Å²) in [6.07, 6.45) is -6.23. The monoisotopic (exact) mass is 611 g/mol. The Morgan fingerprint density at radius 2 is 1.61 bits per heavy atom. The standard InChI is InChI=1S/C20H25N5OS.2C2HF3O2/c1-15-5-6-16(27-15)12-24-9-7-20(8-10-24)14-23(2)13-18-21-22-19(25(18)20)17-4-3-11-26-17;2*3-2(4,5)1(6)7/h3-6,11H,7-10,12-14H2,1-2H3;2*(H,6,7). The number of nitrogens with zero attached hydrogens (tertiary/aromatic N) is 5. The lowest BCUT2D eigenvalue weighted by Crippen LogP contribution is -2.55. The number of alkyl halides is 6. The third kappa shape index (κ3) is 8.29. The molecule has 226 valence electrons. The lowest BCUT2D eigenvalue weighted by atomic mass is 9.84. The summed E-state index contributed by atoms with van der Waals surface area (Å²) >= 11 is 1.91. The van der Waals surface area contributed by atoms with Crippen molar-refractivity contribution < 1.29 is 50.6 Å². The number of aliphatic carboxylic acids is 2. The number of furan rings is 1. The van der Waals surface area contributed by atoms with Crippen LogP contribution in [0.1, 0.15) is 28.4 Å². The van der Waals surface area contributed by atoms with E-state index in [2.05, 4.69) is 50.7 Å². The Labute approximate surface area is 233 Å². The Balaban J connectivity index is 0.000000276. The molecule has 3 aromatic rings. The molecule has 17 heteroatoms. The van der Waals surface area contributed by atoms with Gasteiger partial charge in [0.1, 0.15) is 5.82 Å². The Morgan fingerprint density at radius 1 is 1.02 bits per heavy atom. The largest absolute Gasteiger partial charge is 0.490 e. The van der Waals surface area contributed by atoms with E-state index in [0.29, 0.717) is 0 Å². The molecule has 41 heavy (non-hydrogen) atoms. The van der Waals surface area contributed by atoms with Crippen LogP contribution in [0.2, 0.25) is 0 Å². The second-order valence-corrected chi connectivity index (χ2v) is 10.9. The van der Waals surface area contributed by atoms with E-state index in [4.69, 9.17) is 24.2 Å². The van der Waals surface area contributed by atoms with E-state index in [1.807, 2.05) is 23.5 Å². The molecule has 0 atom stereocenters. The van der Waals surface area contributed by atoms with E-state index in [9.17, 15) is 26.3 Å². The summed E-state index contributed by atoms with van der Waals surface area (Å²) in [5.74, 6) is -2.77. The average Bonchev–Trinajstić information content (AvgIpc) is 3.61. The quantitative estimate of drug-likeness (QED) is 0.409. The molecule has 3 aromatic heterocycles. The number of aryl methyl sites for hydroxylation is 1. The fraction of sp³-hybridized carbons (Fsp3) is 0.500. The highest BCUT2D eigenvalue weighted by Crippen LogP contribution is 2.39. The molecule has 0 amide bonds. The van der Waals surface area contributed by atoms with Crippen LogP contribution in [0.5, 0.6) is 0 Å².